The standard InChI is InChI=1S/C25H36N4O2.HI/c1-2-26-24(27-19-22(23-11-8-16-31-23)29-14-6-7-15-29)28-20-25(12-17-30-18-13-25)21-9-4-3-5-10-21;/h3-5,8-11,16,22H,2,6-7,12-15,17-20H2,1H3,(H2,26,27,28);1H. The zero-order valence-corrected chi connectivity index (χ0v) is 21.4. The first-order chi connectivity index (χ1) is 15.3. The lowest BCUT2D eigenvalue weighted by molar-refractivity contribution is 0.0531. The number of benzene rings is 1. The molecule has 176 valence electrons. The van der Waals surface area contributed by atoms with Gasteiger partial charge in [-0.05, 0) is 63.4 Å². The molecule has 4 rings (SSSR count). The molecule has 1 aromatic heterocycles. The third-order valence-corrected chi connectivity index (χ3v) is 6.64. The van der Waals surface area contributed by atoms with Crippen molar-refractivity contribution in [1.82, 2.24) is 15.5 Å². The summed E-state index contributed by atoms with van der Waals surface area (Å²) in [5.74, 6) is 1.90. The molecule has 0 radical (unpaired) electrons. The van der Waals surface area contributed by atoms with Gasteiger partial charge in [0, 0.05) is 31.7 Å². The zero-order valence-electron chi connectivity index (χ0n) is 19.1. The fourth-order valence-corrected chi connectivity index (χ4v) is 4.80. The number of hydrogen-bond donors (Lipinski definition) is 2. The van der Waals surface area contributed by atoms with Crippen LogP contribution in [0.1, 0.15) is 50.0 Å². The topological polar surface area (TPSA) is 62.0 Å². The van der Waals surface area contributed by atoms with Crippen LogP contribution in [0, 0.1) is 0 Å². The number of furan rings is 1. The van der Waals surface area contributed by atoms with E-state index in [-0.39, 0.29) is 35.4 Å². The number of aliphatic imine (C=N–C) groups is 1. The highest BCUT2D eigenvalue weighted by molar-refractivity contribution is 14.0. The van der Waals surface area contributed by atoms with Gasteiger partial charge in [0.15, 0.2) is 5.96 Å². The Bertz CT molecular complexity index is 801. The largest absolute Gasteiger partial charge is 0.468 e. The predicted molar refractivity (Wildman–Crippen MR) is 140 cm³/mol. The fraction of sp³-hybridized carbons (Fsp3) is 0.560. The average Bonchev–Trinajstić information content (AvgIpc) is 3.54. The molecule has 0 saturated carbocycles. The highest BCUT2D eigenvalue weighted by Crippen LogP contribution is 2.35. The van der Waals surface area contributed by atoms with E-state index in [1.807, 2.05) is 6.07 Å². The number of likely N-dealkylation sites (tertiary alicyclic amines) is 1. The van der Waals surface area contributed by atoms with Gasteiger partial charge in [-0.2, -0.15) is 0 Å². The summed E-state index contributed by atoms with van der Waals surface area (Å²) in [6.45, 7) is 8.32. The molecule has 32 heavy (non-hydrogen) atoms. The van der Waals surface area contributed by atoms with Crippen LogP contribution in [0.15, 0.2) is 58.1 Å². The average molecular weight is 553 g/mol. The lowest BCUT2D eigenvalue weighted by Gasteiger charge is -2.36. The first-order valence-corrected chi connectivity index (χ1v) is 11.7. The van der Waals surface area contributed by atoms with Crippen LogP contribution in [0.25, 0.3) is 0 Å². The Morgan fingerprint density at radius 2 is 1.81 bits per heavy atom. The molecule has 2 saturated heterocycles. The molecule has 1 aromatic carbocycles. The summed E-state index contributed by atoms with van der Waals surface area (Å²) in [5.41, 5.74) is 1.40. The summed E-state index contributed by atoms with van der Waals surface area (Å²) in [7, 11) is 0. The summed E-state index contributed by atoms with van der Waals surface area (Å²) in [6, 6.07) is 15.1. The van der Waals surface area contributed by atoms with Crippen molar-refractivity contribution in [3.05, 3.63) is 60.1 Å². The summed E-state index contributed by atoms with van der Waals surface area (Å²) >= 11 is 0. The van der Waals surface area contributed by atoms with Crippen molar-refractivity contribution >= 4 is 29.9 Å². The van der Waals surface area contributed by atoms with Crippen molar-refractivity contribution in [1.29, 1.82) is 0 Å². The van der Waals surface area contributed by atoms with E-state index in [1.54, 1.807) is 6.26 Å². The monoisotopic (exact) mass is 552 g/mol. The molecule has 1 atom stereocenters. The molecule has 2 fully saturated rings. The van der Waals surface area contributed by atoms with Gasteiger partial charge in [0.1, 0.15) is 5.76 Å². The SMILES string of the molecule is CCNC(=NCC1(c2ccccc2)CCOCC1)NCC(c1ccco1)N1CCCC1.I. The number of nitrogens with one attached hydrogen (secondary N) is 2. The molecule has 0 spiro atoms. The third kappa shape index (κ3) is 6.26. The van der Waals surface area contributed by atoms with E-state index in [4.69, 9.17) is 14.1 Å². The van der Waals surface area contributed by atoms with Crippen LogP contribution in [0.4, 0.5) is 0 Å². The summed E-state index contributed by atoms with van der Waals surface area (Å²) < 4.78 is 11.5. The number of hydrogen-bond acceptors (Lipinski definition) is 4. The molecule has 6 nitrogen and oxygen atoms in total. The van der Waals surface area contributed by atoms with Crippen LogP contribution in [0.3, 0.4) is 0 Å². The lowest BCUT2D eigenvalue weighted by atomic mass is 9.74. The molecule has 1 unspecified atom stereocenters. The van der Waals surface area contributed by atoms with Gasteiger partial charge in [0.25, 0.3) is 0 Å². The summed E-state index contributed by atoms with van der Waals surface area (Å²) in [5, 5.41) is 7.04. The Labute approximate surface area is 209 Å². The van der Waals surface area contributed by atoms with Gasteiger partial charge in [-0.25, -0.2) is 0 Å². The van der Waals surface area contributed by atoms with Crippen molar-refractivity contribution in [2.75, 3.05) is 45.9 Å². The van der Waals surface area contributed by atoms with Gasteiger partial charge in [-0.3, -0.25) is 9.89 Å². The predicted octanol–water partition coefficient (Wildman–Crippen LogP) is 4.34. The minimum atomic E-state index is 0. The number of guanidine groups is 1. The zero-order chi connectivity index (χ0) is 21.4. The minimum Gasteiger partial charge on any atom is -0.468 e. The van der Waals surface area contributed by atoms with Gasteiger partial charge in [0.2, 0.25) is 0 Å². The molecular formula is C25H37IN4O2. The fourth-order valence-electron chi connectivity index (χ4n) is 4.80. The highest BCUT2D eigenvalue weighted by atomic mass is 127. The normalized spacial score (nSPS) is 19.8. The van der Waals surface area contributed by atoms with Gasteiger partial charge in [-0.15, -0.1) is 24.0 Å². The Hall–Kier alpha value is -1.58. The highest BCUT2D eigenvalue weighted by Gasteiger charge is 2.34. The van der Waals surface area contributed by atoms with E-state index >= 15 is 0 Å². The number of rotatable bonds is 8. The van der Waals surface area contributed by atoms with Crippen LogP contribution in [-0.2, 0) is 10.2 Å². The van der Waals surface area contributed by atoms with E-state index in [1.165, 1.54) is 18.4 Å². The Morgan fingerprint density at radius 1 is 1.06 bits per heavy atom. The van der Waals surface area contributed by atoms with Gasteiger partial charge < -0.3 is 19.8 Å². The third-order valence-electron chi connectivity index (χ3n) is 6.64. The smallest absolute Gasteiger partial charge is 0.191 e. The molecule has 2 aliphatic heterocycles. The van der Waals surface area contributed by atoms with E-state index in [0.717, 1.165) is 70.5 Å². The molecule has 3 heterocycles. The minimum absolute atomic E-state index is 0. The van der Waals surface area contributed by atoms with Crippen molar-refractivity contribution < 1.29 is 9.15 Å². The van der Waals surface area contributed by atoms with Crippen LogP contribution < -0.4 is 10.6 Å². The molecule has 0 bridgehead atoms. The maximum atomic E-state index is 5.77. The molecule has 2 aromatic rings. The Balaban J connectivity index is 0.00000289. The maximum absolute atomic E-state index is 5.77. The first kappa shape index (κ1) is 25.1. The lowest BCUT2D eigenvalue weighted by Crippen LogP contribution is -2.44. The van der Waals surface area contributed by atoms with Gasteiger partial charge in [0.05, 0.1) is 18.8 Å². The van der Waals surface area contributed by atoms with E-state index in [9.17, 15) is 0 Å². The van der Waals surface area contributed by atoms with Crippen LogP contribution >= 0.6 is 24.0 Å². The number of ether oxygens (including phenoxy) is 1. The van der Waals surface area contributed by atoms with Crippen molar-refractivity contribution in [2.45, 2.75) is 44.1 Å². The number of nitrogens with zero attached hydrogens (tertiary/aromatic N) is 2. The second-order valence-electron chi connectivity index (χ2n) is 8.61. The number of halogens is 1. The molecule has 7 heteroatoms. The molecule has 2 N–H and O–H groups in total. The molecule has 0 aliphatic carbocycles. The maximum Gasteiger partial charge on any atom is 0.191 e. The van der Waals surface area contributed by atoms with E-state index < -0.39 is 0 Å². The Kier molecular flexibility index (Phi) is 9.87. The summed E-state index contributed by atoms with van der Waals surface area (Å²) in [4.78, 5) is 7.57. The van der Waals surface area contributed by atoms with Crippen molar-refractivity contribution in [2.24, 2.45) is 4.99 Å². The second-order valence-corrected chi connectivity index (χ2v) is 8.61. The van der Waals surface area contributed by atoms with Gasteiger partial charge in [-0.1, -0.05) is 30.3 Å². The van der Waals surface area contributed by atoms with Crippen molar-refractivity contribution in [3.63, 3.8) is 0 Å². The quantitative estimate of drug-likeness (QED) is 0.290. The van der Waals surface area contributed by atoms with Crippen LogP contribution in [0.5, 0.6) is 0 Å². The van der Waals surface area contributed by atoms with Crippen LogP contribution in [-0.4, -0.2) is 56.8 Å². The van der Waals surface area contributed by atoms with Crippen LogP contribution in [0.2, 0.25) is 0 Å². The van der Waals surface area contributed by atoms with Crippen molar-refractivity contribution in [3.8, 4) is 0 Å². The first-order valence-electron chi connectivity index (χ1n) is 11.7. The second kappa shape index (κ2) is 12.6. The Morgan fingerprint density at radius 3 is 2.47 bits per heavy atom. The van der Waals surface area contributed by atoms with Gasteiger partial charge >= 0.3 is 0 Å². The van der Waals surface area contributed by atoms with E-state index in [2.05, 4.69) is 58.9 Å². The van der Waals surface area contributed by atoms with E-state index in [0.29, 0.717) is 0 Å². The molecule has 0 amide bonds. The molecule has 2 aliphatic rings. The molecular weight excluding hydrogens is 515 g/mol. The summed E-state index contributed by atoms with van der Waals surface area (Å²) in [6.07, 6.45) is 6.29.